The molecule has 2 rings (SSSR count). The van der Waals surface area contributed by atoms with E-state index in [1.165, 1.54) is 0 Å². The Morgan fingerprint density at radius 3 is 2.38 bits per heavy atom. The number of aryl methyl sites for hydroxylation is 2. The van der Waals surface area contributed by atoms with Crippen LogP contribution in [-0.2, 0) is 16.4 Å². The zero-order valence-electron chi connectivity index (χ0n) is 11.8. The maximum absolute atomic E-state index is 12.4. The number of thiophene rings is 1. The minimum atomic E-state index is -3.51. The molecule has 0 atom stereocenters. The van der Waals surface area contributed by atoms with Crippen molar-refractivity contribution >= 4 is 43.0 Å². The minimum Gasteiger partial charge on any atom is -0.399 e. The Morgan fingerprint density at radius 2 is 1.86 bits per heavy atom. The van der Waals surface area contributed by atoms with Gasteiger partial charge in [0.05, 0.1) is 8.68 Å². The Morgan fingerprint density at radius 1 is 1.24 bits per heavy atom. The van der Waals surface area contributed by atoms with E-state index in [2.05, 4.69) is 20.7 Å². The van der Waals surface area contributed by atoms with Crippen molar-refractivity contribution < 1.29 is 8.42 Å². The first-order valence-electron chi connectivity index (χ1n) is 6.40. The third kappa shape index (κ3) is 4.06. The van der Waals surface area contributed by atoms with Crippen molar-refractivity contribution in [3.8, 4) is 0 Å². The molecule has 0 aliphatic carbocycles. The Kier molecular flexibility index (Phi) is 5.08. The van der Waals surface area contributed by atoms with Gasteiger partial charge in [-0.25, -0.2) is 13.1 Å². The summed E-state index contributed by atoms with van der Waals surface area (Å²) in [6.45, 7) is 3.89. The number of anilines is 1. The van der Waals surface area contributed by atoms with Crippen LogP contribution in [-0.4, -0.2) is 15.0 Å². The van der Waals surface area contributed by atoms with Crippen molar-refractivity contribution in [1.82, 2.24) is 4.72 Å². The summed E-state index contributed by atoms with van der Waals surface area (Å²) in [6.07, 6.45) is 0.669. The Labute approximate surface area is 137 Å². The number of sulfonamides is 1. The van der Waals surface area contributed by atoms with Gasteiger partial charge in [0.25, 0.3) is 0 Å². The van der Waals surface area contributed by atoms with Crippen molar-refractivity contribution in [2.75, 3.05) is 12.3 Å². The van der Waals surface area contributed by atoms with Crippen LogP contribution in [0.15, 0.2) is 32.9 Å². The molecule has 2 aromatic rings. The van der Waals surface area contributed by atoms with Gasteiger partial charge in [0.2, 0.25) is 10.0 Å². The number of benzene rings is 1. The van der Waals surface area contributed by atoms with Gasteiger partial charge in [0.15, 0.2) is 0 Å². The third-order valence-corrected chi connectivity index (χ3v) is 6.49. The largest absolute Gasteiger partial charge is 0.399 e. The highest BCUT2D eigenvalue weighted by Gasteiger charge is 2.19. The van der Waals surface area contributed by atoms with Crippen LogP contribution in [0.5, 0.6) is 0 Å². The van der Waals surface area contributed by atoms with E-state index in [0.717, 1.165) is 8.66 Å². The van der Waals surface area contributed by atoms with Gasteiger partial charge < -0.3 is 5.73 Å². The molecule has 0 radical (unpaired) electrons. The number of nitrogens with two attached hydrogens (primary N) is 1. The maximum atomic E-state index is 12.4. The number of halogens is 1. The first-order chi connectivity index (χ1) is 9.79. The van der Waals surface area contributed by atoms with Crippen LogP contribution in [0.1, 0.15) is 16.0 Å². The Hall–Kier alpha value is -0.890. The average molecular weight is 389 g/mol. The molecule has 0 aliphatic heterocycles. The normalized spacial score (nSPS) is 11.8. The summed E-state index contributed by atoms with van der Waals surface area (Å²) in [5.41, 5.74) is 7.64. The number of hydrogen-bond donors (Lipinski definition) is 2. The van der Waals surface area contributed by atoms with E-state index in [4.69, 9.17) is 5.73 Å². The summed E-state index contributed by atoms with van der Waals surface area (Å²) < 4.78 is 28.5. The third-order valence-electron chi connectivity index (χ3n) is 3.04. The SMILES string of the molecule is Cc1cc(N)cc(C)c1S(=O)(=O)NCCc1ccc(Br)s1. The molecule has 0 saturated heterocycles. The molecule has 7 heteroatoms. The fraction of sp³-hybridized carbons (Fsp3) is 0.286. The van der Waals surface area contributed by atoms with Gasteiger partial charge in [-0.2, -0.15) is 0 Å². The highest BCUT2D eigenvalue weighted by Crippen LogP contribution is 2.24. The quantitative estimate of drug-likeness (QED) is 0.772. The predicted molar refractivity (Wildman–Crippen MR) is 91.2 cm³/mol. The zero-order chi connectivity index (χ0) is 15.6. The smallest absolute Gasteiger partial charge is 0.241 e. The molecule has 0 fully saturated rings. The van der Waals surface area contributed by atoms with Crippen LogP contribution < -0.4 is 10.5 Å². The van der Waals surface area contributed by atoms with Crippen molar-refractivity contribution in [3.05, 3.63) is 44.1 Å². The van der Waals surface area contributed by atoms with Crippen LogP contribution in [0.25, 0.3) is 0 Å². The summed E-state index contributed by atoms with van der Waals surface area (Å²) in [7, 11) is -3.51. The molecule has 114 valence electrons. The van der Waals surface area contributed by atoms with Gasteiger partial charge in [-0.15, -0.1) is 11.3 Å². The topological polar surface area (TPSA) is 72.2 Å². The number of nitrogen functional groups attached to an aromatic ring is 1. The zero-order valence-corrected chi connectivity index (χ0v) is 15.0. The summed E-state index contributed by atoms with van der Waals surface area (Å²) in [4.78, 5) is 1.46. The second-order valence-corrected chi connectivity index (χ2v) is 9.09. The first-order valence-corrected chi connectivity index (χ1v) is 9.49. The fourth-order valence-electron chi connectivity index (χ4n) is 2.27. The maximum Gasteiger partial charge on any atom is 0.241 e. The molecule has 0 aliphatic rings. The summed E-state index contributed by atoms with van der Waals surface area (Å²) in [6, 6.07) is 7.31. The highest BCUT2D eigenvalue weighted by atomic mass is 79.9. The molecule has 0 spiro atoms. The van der Waals surface area contributed by atoms with Crippen LogP contribution in [0.2, 0.25) is 0 Å². The molecule has 0 bridgehead atoms. The molecule has 1 aromatic heterocycles. The van der Waals surface area contributed by atoms with E-state index in [1.54, 1.807) is 37.3 Å². The highest BCUT2D eigenvalue weighted by molar-refractivity contribution is 9.11. The van der Waals surface area contributed by atoms with E-state index in [0.29, 0.717) is 34.7 Å². The summed E-state index contributed by atoms with van der Waals surface area (Å²) in [5, 5.41) is 0. The Bertz CT molecular complexity index is 731. The molecular formula is C14H17BrN2O2S2. The van der Waals surface area contributed by atoms with Gasteiger partial charge in [-0.05, 0) is 71.6 Å². The van der Waals surface area contributed by atoms with Crippen LogP contribution in [0, 0.1) is 13.8 Å². The monoisotopic (exact) mass is 388 g/mol. The summed E-state index contributed by atoms with van der Waals surface area (Å²) in [5.74, 6) is 0. The van der Waals surface area contributed by atoms with E-state index >= 15 is 0 Å². The lowest BCUT2D eigenvalue weighted by Gasteiger charge is -2.12. The number of rotatable bonds is 5. The van der Waals surface area contributed by atoms with Crippen molar-refractivity contribution in [2.24, 2.45) is 0 Å². The van der Waals surface area contributed by atoms with E-state index in [9.17, 15) is 8.42 Å². The van der Waals surface area contributed by atoms with Gasteiger partial charge in [0, 0.05) is 17.1 Å². The minimum absolute atomic E-state index is 0.323. The number of hydrogen-bond acceptors (Lipinski definition) is 4. The lowest BCUT2D eigenvalue weighted by atomic mass is 10.1. The van der Waals surface area contributed by atoms with Gasteiger partial charge >= 0.3 is 0 Å². The van der Waals surface area contributed by atoms with Crippen LogP contribution in [0.3, 0.4) is 0 Å². The fourth-order valence-corrected chi connectivity index (χ4v) is 5.24. The van der Waals surface area contributed by atoms with Crippen molar-refractivity contribution in [3.63, 3.8) is 0 Å². The van der Waals surface area contributed by atoms with Crippen molar-refractivity contribution in [2.45, 2.75) is 25.2 Å². The second-order valence-electron chi connectivity index (χ2n) is 4.84. The molecule has 0 saturated carbocycles. The lowest BCUT2D eigenvalue weighted by molar-refractivity contribution is 0.580. The van der Waals surface area contributed by atoms with Gasteiger partial charge in [-0.3, -0.25) is 0 Å². The van der Waals surface area contributed by atoms with E-state index in [1.807, 2.05) is 12.1 Å². The molecule has 3 N–H and O–H groups in total. The van der Waals surface area contributed by atoms with E-state index in [-0.39, 0.29) is 0 Å². The standard InChI is InChI=1S/C14H17BrN2O2S2/c1-9-7-11(16)8-10(2)14(9)21(18,19)17-6-5-12-3-4-13(15)20-12/h3-4,7-8,17H,5-6,16H2,1-2H3. The van der Waals surface area contributed by atoms with Crippen LogP contribution >= 0.6 is 27.3 Å². The molecule has 1 aromatic carbocycles. The van der Waals surface area contributed by atoms with Crippen LogP contribution in [0.4, 0.5) is 5.69 Å². The average Bonchev–Trinajstić information content (AvgIpc) is 2.72. The number of nitrogens with one attached hydrogen (secondary N) is 1. The second kappa shape index (κ2) is 6.48. The van der Waals surface area contributed by atoms with Gasteiger partial charge in [0.1, 0.15) is 0 Å². The Balaban J connectivity index is 2.12. The summed E-state index contributed by atoms with van der Waals surface area (Å²) >= 11 is 5.00. The molecular weight excluding hydrogens is 372 g/mol. The molecule has 21 heavy (non-hydrogen) atoms. The predicted octanol–water partition coefficient (Wildman–Crippen LogP) is 3.23. The van der Waals surface area contributed by atoms with E-state index < -0.39 is 10.0 Å². The van der Waals surface area contributed by atoms with Crippen molar-refractivity contribution in [1.29, 1.82) is 0 Å². The van der Waals surface area contributed by atoms with Gasteiger partial charge in [-0.1, -0.05) is 0 Å². The molecule has 0 amide bonds. The lowest BCUT2D eigenvalue weighted by Crippen LogP contribution is -2.27. The molecule has 0 unspecified atom stereocenters. The molecule has 4 nitrogen and oxygen atoms in total. The molecule has 1 heterocycles. The first kappa shape index (κ1) is 16.5.